The van der Waals surface area contributed by atoms with Gasteiger partial charge in [-0.1, -0.05) is 23.9 Å². The van der Waals surface area contributed by atoms with Gasteiger partial charge in [0.15, 0.2) is 5.12 Å². The zero-order valence-corrected chi connectivity index (χ0v) is 12.4. The molecule has 1 fully saturated rings. The van der Waals surface area contributed by atoms with E-state index < -0.39 is 0 Å². The molecule has 1 unspecified atom stereocenters. The van der Waals surface area contributed by atoms with Crippen molar-refractivity contribution in [3.8, 4) is 0 Å². The molecule has 0 spiro atoms. The van der Waals surface area contributed by atoms with E-state index >= 15 is 0 Å². The van der Waals surface area contributed by atoms with Gasteiger partial charge < -0.3 is 4.90 Å². The minimum Gasteiger partial charge on any atom is -0.341 e. The van der Waals surface area contributed by atoms with Gasteiger partial charge in [0.1, 0.15) is 11.0 Å². The van der Waals surface area contributed by atoms with Gasteiger partial charge in [-0.2, -0.15) is 0 Å². The summed E-state index contributed by atoms with van der Waals surface area (Å²) in [6, 6.07) is 5.72. The largest absolute Gasteiger partial charge is 0.341 e. The summed E-state index contributed by atoms with van der Waals surface area (Å²) in [7, 11) is 0. The van der Waals surface area contributed by atoms with Crippen LogP contribution >= 0.6 is 11.8 Å². The normalized spacial score (nSPS) is 18.6. The molecule has 1 aliphatic heterocycles. The maximum atomic E-state index is 12.0. The fraction of sp³-hybridized carbons (Fsp3) is 0.429. The fourth-order valence-electron chi connectivity index (χ4n) is 2.58. The first-order valence-corrected chi connectivity index (χ1v) is 7.66. The predicted molar refractivity (Wildman–Crippen MR) is 78.8 cm³/mol. The molecule has 0 aliphatic carbocycles. The van der Waals surface area contributed by atoms with E-state index in [1.807, 2.05) is 23.1 Å². The Morgan fingerprint density at radius 2 is 2.33 bits per heavy atom. The van der Waals surface area contributed by atoms with Gasteiger partial charge in [0.25, 0.3) is 0 Å². The number of hydrogen-bond donors (Lipinski definition) is 0. The number of thioether (sulfide) groups is 1. The molecule has 0 radical (unpaired) electrons. The molecular formula is C14H15N3O3S. The lowest BCUT2D eigenvalue weighted by molar-refractivity contribution is -0.127. The lowest BCUT2D eigenvalue weighted by atomic mass is 10.1. The van der Waals surface area contributed by atoms with Crippen LogP contribution in [0.4, 0.5) is 0 Å². The van der Waals surface area contributed by atoms with Gasteiger partial charge in [-0.15, -0.1) is 0 Å². The Kier molecular flexibility index (Phi) is 3.92. The molecule has 2 aromatic rings. The zero-order chi connectivity index (χ0) is 14.8. The first-order chi connectivity index (χ1) is 10.1. The first-order valence-electron chi connectivity index (χ1n) is 6.78. The van der Waals surface area contributed by atoms with E-state index in [9.17, 15) is 9.59 Å². The van der Waals surface area contributed by atoms with Crippen LogP contribution in [-0.2, 0) is 16.0 Å². The van der Waals surface area contributed by atoms with Gasteiger partial charge in [0.05, 0.1) is 0 Å². The molecule has 1 amide bonds. The predicted octanol–water partition coefficient (Wildman–Crippen LogP) is 1.65. The highest BCUT2D eigenvalue weighted by Crippen LogP contribution is 2.24. The van der Waals surface area contributed by atoms with Crippen molar-refractivity contribution in [1.29, 1.82) is 0 Å². The summed E-state index contributed by atoms with van der Waals surface area (Å²) in [6.07, 6.45) is 1.15. The zero-order valence-electron chi connectivity index (χ0n) is 11.6. The number of fused-ring (bicyclic) bond motifs is 1. The molecule has 0 bridgehead atoms. The van der Waals surface area contributed by atoms with Gasteiger partial charge in [0.2, 0.25) is 5.91 Å². The van der Waals surface area contributed by atoms with Crippen LogP contribution in [-0.4, -0.2) is 44.6 Å². The minimum absolute atomic E-state index is 0.0630. The Balaban J connectivity index is 1.64. The quantitative estimate of drug-likeness (QED) is 0.855. The highest BCUT2D eigenvalue weighted by molar-refractivity contribution is 8.14. The number of carbonyl (C=O) groups is 2. The summed E-state index contributed by atoms with van der Waals surface area (Å²) in [4.78, 5) is 24.9. The second-order valence-electron chi connectivity index (χ2n) is 5.07. The average Bonchev–Trinajstić information content (AvgIpc) is 3.02. The molecule has 110 valence electrons. The monoisotopic (exact) mass is 305 g/mol. The second-order valence-corrected chi connectivity index (χ2v) is 6.55. The van der Waals surface area contributed by atoms with Crippen LogP contribution in [0.5, 0.6) is 0 Å². The van der Waals surface area contributed by atoms with Crippen LogP contribution in [0, 0.1) is 0 Å². The fourth-order valence-corrected chi connectivity index (χ4v) is 3.53. The molecule has 1 aromatic heterocycles. The Labute approximate surface area is 125 Å². The smallest absolute Gasteiger partial charge is 0.223 e. The Hall–Kier alpha value is -1.89. The molecule has 7 heteroatoms. The van der Waals surface area contributed by atoms with Crippen LogP contribution in [0.2, 0.25) is 0 Å². The lowest BCUT2D eigenvalue weighted by Crippen LogP contribution is -2.28. The third kappa shape index (κ3) is 3.07. The SMILES string of the molecule is CC(=O)SC1CC(=O)N(CCc2cccc3nonc23)C1. The molecule has 21 heavy (non-hydrogen) atoms. The standard InChI is InChI=1S/C14H15N3O3S/c1-9(18)21-11-7-13(19)17(8-11)6-5-10-3-2-4-12-14(10)16-20-15-12/h2-4,11H,5-8H2,1H3. The number of carbonyl (C=O) groups excluding carboxylic acids is 2. The summed E-state index contributed by atoms with van der Waals surface area (Å²) in [6.45, 7) is 2.80. The molecule has 0 saturated carbocycles. The average molecular weight is 305 g/mol. The van der Waals surface area contributed by atoms with Gasteiger partial charge >= 0.3 is 0 Å². The van der Waals surface area contributed by atoms with E-state index in [1.165, 1.54) is 18.7 Å². The molecule has 0 N–H and O–H groups in total. The van der Waals surface area contributed by atoms with Gasteiger partial charge in [0, 0.05) is 31.7 Å². The molecular weight excluding hydrogens is 290 g/mol. The van der Waals surface area contributed by atoms with E-state index in [0.29, 0.717) is 25.9 Å². The van der Waals surface area contributed by atoms with Gasteiger partial charge in [-0.25, -0.2) is 4.63 Å². The highest BCUT2D eigenvalue weighted by atomic mass is 32.2. The third-order valence-corrected chi connectivity index (χ3v) is 4.51. The van der Waals surface area contributed by atoms with Crippen molar-refractivity contribution >= 4 is 33.8 Å². The number of likely N-dealkylation sites (tertiary alicyclic amines) is 1. The number of aromatic nitrogens is 2. The van der Waals surface area contributed by atoms with Gasteiger partial charge in [-0.3, -0.25) is 9.59 Å². The maximum absolute atomic E-state index is 12.0. The van der Waals surface area contributed by atoms with Crippen molar-refractivity contribution in [2.45, 2.75) is 25.0 Å². The first kappa shape index (κ1) is 14.1. The second kappa shape index (κ2) is 5.85. The van der Waals surface area contributed by atoms with E-state index in [-0.39, 0.29) is 16.3 Å². The number of rotatable bonds is 4. The molecule has 6 nitrogen and oxygen atoms in total. The summed E-state index contributed by atoms with van der Waals surface area (Å²) >= 11 is 1.26. The number of benzene rings is 1. The number of nitrogens with zero attached hydrogens (tertiary/aromatic N) is 3. The topological polar surface area (TPSA) is 76.3 Å². The van der Waals surface area contributed by atoms with E-state index in [2.05, 4.69) is 10.3 Å². The lowest BCUT2D eigenvalue weighted by Gasteiger charge is -2.16. The van der Waals surface area contributed by atoms with Crippen LogP contribution in [0.3, 0.4) is 0 Å². The van der Waals surface area contributed by atoms with Crippen molar-refractivity contribution in [3.05, 3.63) is 23.8 Å². The van der Waals surface area contributed by atoms with E-state index in [0.717, 1.165) is 16.6 Å². The van der Waals surface area contributed by atoms with E-state index in [1.54, 1.807) is 0 Å². The molecule has 1 atom stereocenters. The van der Waals surface area contributed by atoms with Crippen LogP contribution < -0.4 is 0 Å². The highest BCUT2D eigenvalue weighted by Gasteiger charge is 2.30. The van der Waals surface area contributed by atoms with Gasteiger partial charge in [-0.05, 0) is 28.4 Å². The summed E-state index contributed by atoms with van der Waals surface area (Å²) in [5.74, 6) is 0.110. The van der Waals surface area contributed by atoms with E-state index in [4.69, 9.17) is 4.63 Å². The van der Waals surface area contributed by atoms with Crippen LogP contribution in [0.15, 0.2) is 22.8 Å². The Bertz CT molecular complexity index is 685. The minimum atomic E-state index is 0.0630. The molecule has 1 aliphatic rings. The van der Waals surface area contributed by atoms with Crippen molar-refractivity contribution in [1.82, 2.24) is 15.2 Å². The Morgan fingerprint density at radius 1 is 1.48 bits per heavy atom. The maximum Gasteiger partial charge on any atom is 0.223 e. The Morgan fingerprint density at radius 3 is 3.14 bits per heavy atom. The van der Waals surface area contributed by atoms with Crippen LogP contribution in [0.1, 0.15) is 18.9 Å². The molecule has 2 heterocycles. The van der Waals surface area contributed by atoms with Crippen molar-refractivity contribution in [3.63, 3.8) is 0 Å². The summed E-state index contributed by atoms with van der Waals surface area (Å²) in [5, 5.41) is 7.86. The van der Waals surface area contributed by atoms with Crippen molar-refractivity contribution in [2.75, 3.05) is 13.1 Å². The van der Waals surface area contributed by atoms with Crippen LogP contribution in [0.25, 0.3) is 11.0 Å². The van der Waals surface area contributed by atoms with Crippen molar-refractivity contribution < 1.29 is 14.2 Å². The number of hydrogen-bond acceptors (Lipinski definition) is 6. The summed E-state index contributed by atoms with van der Waals surface area (Å²) < 4.78 is 4.74. The number of amides is 1. The summed E-state index contributed by atoms with van der Waals surface area (Å²) in [5.41, 5.74) is 2.49. The third-order valence-electron chi connectivity index (χ3n) is 3.53. The molecule has 3 rings (SSSR count). The molecule has 1 saturated heterocycles. The van der Waals surface area contributed by atoms with Crippen molar-refractivity contribution in [2.24, 2.45) is 0 Å². The molecule has 1 aromatic carbocycles.